The smallest absolute Gasteiger partial charge is 0.239 e. The molecule has 0 aromatic rings. The number of hydrogen-bond donors (Lipinski definition) is 1. The Labute approximate surface area is 140 Å². The molecule has 2 saturated heterocycles. The summed E-state index contributed by atoms with van der Waals surface area (Å²) in [4.78, 5) is 16.8. The summed E-state index contributed by atoms with van der Waals surface area (Å²) in [6.45, 7) is 10.7. The SMILES string of the molecule is CCC(C)C(N)C(=O)N1CCN(CC2CCOCC2)CC1.Cl. The Morgan fingerprint density at radius 2 is 1.82 bits per heavy atom. The third-order valence-corrected chi connectivity index (χ3v) is 5.08. The quantitative estimate of drug-likeness (QED) is 0.825. The highest BCUT2D eigenvalue weighted by molar-refractivity contribution is 5.85. The monoisotopic (exact) mass is 333 g/mol. The van der Waals surface area contributed by atoms with E-state index in [4.69, 9.17) is 10.5 Å². The van der Waals surface area contributed by atoms with Gasteiger partial charge in [-0.25, -0.2) is 0 Å². The molecule has 0 aliphatic carbocycles. The molecule has 2 aliphatic rings. The molecule has 22 heavy (non-hydrogen) atoms. The normalized spacial score (nSPS) is 23.7. The number of hydrogen-bond acceptors (Lipinski definition) is 4. The fourth-order valence-corrected chi connectivity index (χ4v) is 3.15. The van der Waals surface area contributed by atoms with Gasteiger partial charge in [0.05, 0.1) is 6.04 Å². The number of nitrogens with zero attached hydrogens (tertiary/aromatic N) is 2. The van der Waals surface area contributed by atoms with Crippen molar-refractivity contribution in [3.05, 3.63) is 0 Å². The van der Waals surface area contributed by atoms with E-state index in [1.54, 1.807) is 0 Å². The maximum atomic E-state index is 12.4. The van der Waals surface area contributed by atoms with E-state index in [1.165, 1.54) is 12.8 Å². The van der Waals surface area contributed by atoms with E-state index in [2.05, 4.69) is 18.7 Å². The number of amides is 1. The van der Waals surface area contributed by atoms with Gasteiger partial charge in [-0.3, -0.25) is 9.69 Å². The summed E-state index contributed by atoms with van der Waals surface area (Å²) in [5.41, 5.74) is 6.07. The summed E-state index contributed by atoms with van der Waals surface area (Å²) in [6.07, 6.45) is 3.31. The Balaban J connectivity index is 0.00000242. The van der Waals surface area contributed by atoms with Crippen LogP contribution in [0.2, 0.25) is 0 Å². The predicted molar refractivity (Wildman–Crippen MR) is 91.2 cm³/mol. The van der Waals surface area contributed by atoms with Crippen molar-refractivity contribution in [1.82, 2.24) is 9.80 Å². The summed E-state index contributed by atoms with van der Waals surface area (Å²) >= 11 is 0. The molecule has 0 spiro atoms. The number of piperazine rings is 1. The highest BCUT2D eigenvalue weighted by Crippen LogP contribution is 2.17. The van der Waals surface area contributed by atoms with E-state index >= 15 is 0 Å². The summed E-state index contributed by atoms with van der Waals surface area (Å²) in [5.74, 6) is 1.16. The summed E-state index contributed by atoms with van der Waals surface area (Å²) in [5, 5.41) is 0. The summed E-state index contributed by atoms with van der Waals surface area (Å²) in [6, 6.07) is -0.336. The van der Waals surface area contributed by atoms with Crippen LogP contribution in [0.15, 0.2) is 0 Å². The van der Waals surface area contributed by atoms with Crippen LogP contribution in [0.5, 0.6) is 0 Å². The molecule has 130 valence electrons. The van der Waals surface area contributed by atoms with Crippen LogP contribution in [0.4, 0.5) is 0 Å². The zero-order valence-corrected chi connectivity index (χ0v) is 14.8. The van der Waals surface area contributed by atoms with Crippen LogP contribution < -0.4 is 5.73 Å². The predicted octanol–water partition coefficient (Wildman–Crippen LogP) is 1.35. The van der Waals surface area contributed by atoms with Gasteiger partial charge >= 0.3 is 0 Å². The molecule has 0 aromatic heterocycles. The van der Waals surface area contributed by atoms with Crippen molar-refractivity contribution in [2.45, 2.75) is 39.2 Å². The van der Waals surface area contributed by atoms with Crippen LogP contribution in [0.25, 0.3) is 0 Å². The van der Waals surface area contributed by atoms with E-state index in [9.17, 15) is 4.79 Å². The minimum Gasteiger partial charge on any atom is -0.381 e. The van der Waals surface area contributed by atoms with Crippen molar-refractivity contribution in [2.75, 3.05) is 45.9 Å². The number of ether oxygens (including phenoxy) is 1. The molecule has 6 heteroatoms. The average molecular weight is 334 g/mol. The highest BCUT2D eigenvalue weighted by atomic mass is 35.5. The molecule has 2 unspecified atom stereocenters. The fourth-order valence-electron chi connectivity index (χ4n) is 3.15. The number of rotatable bonds is 5. The molecular weight excluding hydrogens is 302 g/mol. The van der Waals surface area contributed by atoms with Gasteiger partial charge in [0.25, 0.3) is 0 Å². The van der Waals surface area contributed by atoms with Gasteiger partial charge in [0.1, 0.15) is 0 Å². The van der Waals surface area contributed by atoms with Crippen LogP contribution in [0.3, 0.4) is 0 Å². The first kappa shape index (κ1) is 19.7. The van der Waals surface area contributed by atoms with E-state index in [0.717, 1.165) is 58.3 Å². The second-order valence-electron chi connectivity index (χ2n) is 6.59. The topological polar surface area (TPSA) is 58.8 Å². The maximum absolute atomic E-state index is 12.4. The lowest BCUT2D eigenvalue weighted by Gasteiger charge is -2.38. The largest absolute Gasteiger partial charge is 0.381 e. The fraction of sp³-hybridized carbons (Fsp3) is 0.938. The molecule has 5 nitrogen and oxygen atoms in total. The third kappa shape index (κ3) is 5.37. The van der Waals surface area contributed by atoms with E-state index in [-0.39, 0.29) is 30.3 Å². The zero-order valence-electron chi connectivity index (χ0n) is 14.0. The Morgan fingerprint density at radius 1 is 1.23 bits per heavy atom. The van der Waals surface area contributed by atoms with Crippen molar-refractivity contribution < 1.29 is 9.53 Å². The van der Waals surface area contributed by atoms with Gasteiger partial charge in [0, 0.05) is 45.9 Å². The summed E-state index contributed by atoms with van der Waals surface area (Å²) < 4.78 is 5.41. The van der Waals surface area contributed by atoms with Crippen molar-refractivity contribution in [1.29, 1.82) is 0 Å². The molecule has 2 rings (SSSR count). The number of carbonyl (C=O) groups is 1. The van der Waals surface area contributed by atoms with Crippen LogP contribution in [0, 0.1) is 11.8 Å². The molecule has 2 heterocycles. The molecule has 1 amide bonds. The second-order valence-corrected chi connectivity index (χ2v) is 6.59. The maximum Gasteiger partial charge on any atom is 0.239 e. The lowest BCUT2D eigenvalue weighted by molar-refractivity contribution is -0.135. The lowest BCUT2D eigenvalue weighted by atomic mass is 9.98. The number of nitrogens with two attached hydrogens (primary N) is 1. The average Bonchev–Trinajstić information content (AvgIpc) is 2.54. The molecule has 0 bridgehead atoms. The van der Waals surface area contributed by atoms with Crippen molar-refractivity contribution in [2.24, 2.45) is 17.6 Å². The third-order valence-electron chi connectivity index (χ3n) is 5.08. The first-order valence-electron chi connectivity index (χ1n) is 8.46. The molecule has 0 radical (unpaired) electrons. The number of halogens is 1. The van der Waals surface area contributed by atoms with Gasteiger partial charge in [-0.1, -0.05) is 20.3 Å². The Bertz CT molecular complexity index is 329. The van der Waals surface area contributed by atoms with Crippen molar-refractivity contribution in [3.63, 3.8) is 0 Å². The van der Waals surface area contributed by atoms with Gasteiger partial charge < -0.3 is 15.4 Å². The first-order valence-corrected chi connectivity index (χ1v) is 8.46. The molecular formula is C16H32ClN3O2. The lowest BCUT2D eigenvalue weighted by Crippen LogP contribution is -2.55. The van der Waals surface area contributed by atoms with Crippen LogP contribution in [-0.2, 0) is 9.53 Å². The van der Waals surface area contributed by atoms with Gasteiger partial charge in [-0.05, 0) is 24.7 Å². The van der Waals surface area contributed by atoms with Gasteiger partial charge in [-0.2, -0.15) is 0 Å². The van der Waals surface area contributed by atoms with Crippen molar-refractivity contribution >= 4 is 18.3 Å². The molecule has 2 fully saturated rings. The Morgan fingerprint density at radius 3 is 2.36 bits per heavy atom. The van der Waals surface area contributed by atoms with E-state index < -0.39 is 0 Å². The van der Waals surface area contributed by atoms with Crippen molar-refractivity contribution in [3.8, 4) is 0 Å². The van der Waals surface area contributed by atoms with E-state index in [0.29, 0.717) is 0 Å². The van der Waals surface area contributed by atoms with Crippen LogP contribution >= 0.6 is 12.4 Å². The molecule has 2 N–H and O–H groups in total. The molecule has 2 aliphatic heterocycles. The summed E-state index contributed by atoms with van der Waals surface area (Å²) in [7, 11) is 0. The number of carbonyl (C=O) groups excluding carboxylic acids is 1. The molecule has 0 saturated carbocycles. The molecule has 2 atom stereocenters. The van der Waals surface area contributed by atoms with Gasteiger partial charge in [-0.15, -0.1) is 12.4 Å². The van der Waals surface area contributed by atoms with Gasteiger partial charge in [0.2, 0.25) is 5.91 Å². The van der Waals surface area contributed by atoms with E-state index in [1.807, 2.05) is 4.90 Å². The van der Waals surface area contributed by atoms with Crippen LogP contribution in [0.1, 0.15) is 33.1 Å². The minimum atomic E-state index is -0.336. The standard InChI is InChI=1S/C16H31N3O2.ClH/c1-3-13(2)15(17)16(20)19-8-6-18(7-9-19)12-14-4-10-21-11-5-14;/h13-15H,3-12,17H2,1-2H3;1H. The second kappa shape index (κ2) is 9.71. The Kier molecular flexibility index (Phi) is 8.69. The van der Waals surface area contributed by atoms with Gasteiger partial charge in [0.15, 0.2) is 0 Å². The van der Waals surface area contributed by atoms with Crippen LogP contribution in [-0.4, -0.2) is 67.7 Å². The highest BCUT2D eigenvalue weighted by Gasteiger charge is 2.28. The zero-order chi connectivity index (χ0) is 15.2. The Hall–Kier alpha value is -0.360. The first-order chi connectivity index (χ1) is 10.1. The minimum absolute atomic E-state index is 0. The molecule has 0 aromatic carbocycles.